The number of pyridine rings is 2. The predicted molar refractivity (Wildman–Crippen MR) is 78.9 cm³/mol. The minimum Gasteiger partial charge on any atom is -0.397 e. The molecule has 3 aromatic rings. The second-order valence-corrected chi connectivity index (χ2v) is 4.79. The highest BCUT2D eigenvalue weighted by Gasteiger charge is 2.05. The van der Waals surface area contributed by atoms with Gasteiger partial charge in [0.2, 0.25) is 0 Å². The largest absolute Gasteiger partial charge is 0.397 e. The van der Waals surface area contributed by atoms with Crippen molar-refractivity contribution in [2.45, 2.75) is 13.8 Å². The summed E-state index contributed by atoms with van der Waals surface area (Å²) < 4.78 is 0. The summed E-state index contributed by atoms with van der Waals surface area (Å²) in [5.74, 6) is 0. The Morgan fingerprint density at radius 3 is 2.63 bits per heavy atom. The summed E-state index contributed by atoms with van der Waals surface area (Å²) >= 11 is 0. The Balaban J connectivity index is 2.17. The first-order chi connectivity index (χ1) is 9.13. The van der Waals surface area contributed by atoms with Crippen molar-refractivity contribution in [3.63, 3.8) is 0 Å². The summed E-state index contributed by atoms with van der Waals surface area (Å²) in [5.41, 5.74) is 11.6. The molecule has 0 unspecified atom stereocenters. The molecule has 0 saturated carbocycles. The van der Waals surface area contributed by atoms with E-state index in [4.69, 9.17) is 5.73 Å². The number of fused-ring (bicyclic) bond motifs is 1. The number of nitrogens with two attached hydrogens (primary N) is 1. The van der Waals surface area contributed by atoms with Gasteiger partial charge in [-0.3, -0.25) is 9.97 Å². The lowest BCUT2D eigenvalue weighted by atomic mass is 10.0. The molecule has 2 N–H and O–H groups in total. The van der Waals surface area contributed by atoms with Crippen molar-refractivity contribution >= 4 is 16.6 Å². The van der Waals surface area contributed by atoms with Crippen LogP contribution in [0.15, 0.2) is 42.6 Å². The lowest BCUT2D eigenvalue weighted by Gasteiger charge is -2.07. The molecular weight excluding hydrogens is 234 g/mol. The molecule has 0 fully saturated rings. The van der Waals surface area contributed by atoms with E-state index in [2.05, 4.69) is 28.2 Å². The number of nitrogens with zero attached hydrogens (tertiary/aromatic N) is 2. The summed E-state index contributed by atoms with van der Waals surface area (Å²) in [6.07, 6.45) is 1.69. The molecule has 0 saturated heterocycles. The molecule has 3 nitrogen and oxygen atoms in total. The summed E-state index contributed by atoms with van der Waals surface area (Å²) in [5, 5.41) is 1.13. The smallest absolute Gasteiger partial charge is 0.0732 e. The van der Waals surface area contributed by atoms with Crippen molar-refractivity contribution in [2.24, 2.45) is 0 Å². The van der Waals surface area contributed by atoms with E-state index < -0.39 is 0 Å². The van der Waals surface area contributed by atoms with Gasteiger partial charge in [0.25, 0.3) is 0 Å². The summed E-state index contributed by atoms with van der Waals surface area (Å²) in [6.45, 7) is 4.02. The van der Waals surface area contributed by atoms with E-state index in [1.165, 1.54) is 0 Å². The zero-order valence-corrected chi connectivity index (χ0v) is 11.0. The average molecular weight is 249 g/mol. The molecule has 1 aromatic carbocycles. The monoisotopic (exact) mass is 249 g/mol. The van der Waals surface area contributed by atoms with Gasteiger partial charge < -0.3 is 5.73 Å². The maximum absolute atomic E-state index is 5.74. The van der Waals surface area contributed by atoms with Crippen LogP contribution in [0.25, 0.3) is 22.2 Å². The van der Waals surface area contributed by atoms with Crippen LogP contribution in [-0.4, -0.2) is 9.97 Å². The molecule has 0 radical (unpaired) electrons. The molecule has 19 heavy (non-hydrogen) atoms. The molecule has 3 rings (SSSR count). The molecule has 2 heterocycles. The van der Waals surface area contributed by atoms with E-state index in [9.17, 15) is 0 Å². The zero-order valence-electron chi connectivity index (χ0n) is 11.0. The fourth-order valence-electron chi connectivity index (χ4n) is 2.27. The Kier molecular flexibility index (Phi) is 2.67. The molecule has 0 aliphatic carbocycles. The van der Waals surface area contributed by atoms with Crippen LogP contribution < -0.4 is 5.73 Å². The minimum absolute atomic E-state index is 0.694. The number of anilines is 1. The Hall–Kier alpha value is -2.42. The SMILES string of the molecule is Cc1ccc2cc(-c3ncc(N)cc3C)ccc2n1. The molecule has 94 valence electrons. The number of nitrogen functional groups attached to an aromatic ring is 1. The third-order valence-electron chi connectivity index (χ3n) is 3.20. The van der Waals surface area contributed by atoms with Gasteiger partial charge in [-0.25, -0.2) is 0 Å². The van der Waals surface area contributed by atoms with Crippen LogP contribution in [0.1, 0.15) is 11.3 Å². The van der Waals surface area contributed by atoms with E-state index in [1.54, 1.807) is 6.20 Å². The Bertz CT molecular complexity index is 763. The number of rotatable bonds is 1. The summed E-state index contributed by atoms with van der Waals surface area (Å²) in [6, 6.07) is 12.3. The number of aryl methyl sites for hydroxylation is 2. The second kappa shape index (κ2) is 4.35. The molecule has 2 aromatic heterocycles. The van der Waals surface area contributed by atoms with Crippen LogP contribution in [0.3, 0.4) is 0 Å². The van der Waals surface area contributed by atoms with Crippen LogP contribution in [0, 0.1) is 13.8 Å². The highest BCUT2D eigenvalue weighted by atomic mass is 14.7. The molecule has 0 atom stereocenters. The van der Waals surface area contributed by atoms with E-state index in [0.29, 0.717) is 5.69 Å². The third-order valence-corrected chi connectivity index (χ3v) is 3.20. The molecule has 0 aliphatic heterocycles. The van der Waals surface area contributed by atoms with Crippen molar-refractivity contribution in [2.75, 3.05) is 5.73 Å². The van der Waals surface area contributed by atoms with Gasteiger partial charge in [-0.15, -0.1) is 0 Å². The Labute approximate surface area is 112 Å². The van der Waals surface area contributed by atoms with Crippen LogP contribution in [0.2, 0.25) is 0 Å². The first kappa shape index (κ1) is 11.7. The van der Waals surface area contributed by atoms with Crippen molar-refractivity contribution in [1.82, 2.24) is 9.97 Å². The van der Waals surface area contributed by atoms with Gasteiger partial charge in [0.1, 0.15) is 0 Å². The number of hydrogen-bond donors (Lipinski definition) is 1. The van der Waals surface area contributed by atoms with Crippen LogP contribution in [0.5, 0.6) is 0 Å². The van der Waals surface area contributed by atoms with E-state index in [0.717, 1.165) is 33.4 Å². The Morgan fingerprint density at radius 2 is 1.84 bits per heavy atom. The predicted octanol–water partition coefficient (Wildman–Crippen LogP) is 3.50. The van der Waals surface area contributed by atoms with Gasteiger partial charge in [-0.05, 0) is 43.7 Å². The van der Waals surface area contributed by atoms with Crippen molar-refractivity contribution < 1.29 is 0 Å². The van der Waals surface area contributed by atoms with Gasteiger partial charge in [-0.2, -0.15) is 0 Å². The first-order valence-electron chi connectivity index (χ1n) is 6.23. The van der Waals surface area contributed by atoms with Gasteiger partial charge in [0, 0.05) is 16.6 Å². The van der Waals surface area contributed by atoms with Crippen LogP contribution >= 0.6 is 0 Å². The lowest BCUT2D eigenvalue weighted by Crippen LogP contribution is -1.93. The summed E-state index contributed by atoms with van der Waals surface area (Å²) in [4.78, 5) is 8.93. The second-order valence-electron chi connectivity index (χ2n) is 4.79. The van der Waals surface area contributed by atoms with Gasteiger partial charge in [-0.1, -0.05) is 12.1 Å². The fraction of sp³-hybridized carbons (Fsp3) is 0.125. The van der Waals surface area contributed by atoms with Crippen LogP contribution in [-0.2, 0) is 0 Å². The quantitative estimate of drug-likeness (QED) is 0.718. The number of benzene rings is 1. The molecule has 3 heteroatoms. The van der Waals surface area contributed by atoms with Crippen molar-refractivity contribution in [3.05, 3.63) is 53.9 Å². The lowest BCUT2D eigenvalue weighted by molar-refractivity contribution is 1.25. The van der Waals surface area contributed by atoms with Crippen LogP contribution in [0.4, 0.5) is 5.69 Å². The average Bonchev–Trinajstić information content (AvgIpc) is 2.38. The van der Waals surface area contributed by atoms with Crippen molar-refractivity contribution in [1.29, 1.82) is 0 Å². The maximum atomic E-state index is 5.74. The van der Waals surface area contributed by atoms with Gasteiger partial charge >= 0.3 is 0 Å². The number of aromatic nitrogens is 2. The normalized spacial score (nSPS) is 10.8. The molecule has 0 amide bonds. The fourth-order valence-corrected chi connectivity index (χ4v) is 2.27. The molecule has 0 bridgehead atoms. The minimum atomic E-state index is 0.694. The highest BCUT2D eigenvalue weighted by Crippen LogP contribution is 2.25. The van der Waals surface area contributed by atoms with Gasteiger partial charge in [0.15, 0.2) is 0 Å². The molecule has 0 spiro atoms. The van der Waals surface area contributed by atoms with Crippen molar-refractivity contribution in [3.8, 4) is 11.3 Å². The summed E-state index contributed by atoms with van der Waals surface area (Å²) in [7, 11) is 0. The highest BCUT2D eigenvalue weighted by molar-refractivity contribution is 5.84. The zero-order chi connectivity index (χ0) is 13.4. The van der Waals surface area contributed by atoms with E-state index in [-0.39, 0.29) is 0 Å². The Morgan fingerprint density at radius 1 is 1.00 bits per heavy atom. The molecular formula is C16H15N3. The number of hydrogen-bond acceptors (Lipinski definition) is 3. The standard InChI is InChI=1S/C16H15N3/c1-10-7-14(17)9-18-16(10)13-5-6-15-12(8-13)4-3-11(2)19-15/h3-9H,17H2,1-2H3. The van der Waals surface area contributed by atoms with Gasteiger partial charge in [0.05, 0.1) is 23.1 Å². The molecule has 0 aliphatic rings. The third kappa shape index (κ3) is 2.15. The van der Waals surface area contributed by atoms with E-state index in [1.807, 2.05) is 32.0 Å². The maximum Gasteiger partial charge on any atom is 0.0732 e. The topological polar surface area (TPSA) is 51.8 Å². The van der Waals surface area contributed by atoms with E-state index >= 15 is 0 Å². The first-order valence-corrected chi connectivity index (χ1v) is 6.23.